The van der Waals surface area contributed by atoms with Crippen molar-refractivity contribution in [3.63, 3.8) is 0 Å². The molecular formula is C10H15N3S. The maximum Gasteiger partial charge on any atom is 0.202 e. The number of aryl methyl sites for hydroxylation is 1. The van der Waals surface area contributed by atoms with Crippen LogP contribution in [-0.2, 0) is 6.42 Å². The van der Waals surface area contributed by atoms with Crippen LogP contribution in [0.15, 0.2) is 12.2 Å². The molecule has 0 radical (unpaired) electrons. The van der Waals surface area contributed by atoms with Crippen molar-refractivity contribution in [2.45, 2.75) is 38.6 Å². The van der Waals surface area contributed by atoms with Gasteiger partial charge in [0, 0.05) is 24.0 Å². The van der Waals surface area contributed by atoms with Gasteiger partial charge < -0.3 is 5.32 Å². The Morgan fingerprint density at radius 2 is 2.50 bits per heavy atom. The minimum absolute atomic E-state index is 0.553. The Balaban J connectivity index is 1.93. The van der Waals surface area contributed by atoms with Gasteiger partial charge in [-0.25, -0.2) is 4.98 Å². The average Bonchev–Trinajstić information content (AvgIpc) is 2.67. The Morgan fingerprint density at radius 3 is 3.14 bits per heavy atom. The lowest BCUT2D eigenvalue weighted by Gasteiger charge is -2.18. The summed E-state index contributed by atoms with van der Waals surface area (Å²) in [6.07, 6.45) is 8.90. The lowest BCUT2D eigenvalue weighted by Crippen LogP contribution is -2.20. The molecule has 0 amide bonds. The molecule has 14 heavy (non-hydrogen) atoms. The standard InChI is InChI=1S/C10H15N3S/c1-2-9-12-10(14-13-9)11-8-6-4-3-5-7-8/h3-4,8H,2,5-7H2,1H3,(H,11,12,13). The van der Waals surface area contributed by atoms with Gasteiger partial charge in [0.1, 0.15) is 5.82 Å². The van der Waals surface area contributed by atoms with E-state index in [0.29, 0.717) is 6.04 Å². The Bertz CT molecular complexity index is 319. The van der Waals surface area contributed by atoms with Crippen LogP contribution in [0.25, 0.3) is 0 Å². The second kappa shape index (κ2) is 4.55. The summed E-state index contributed by atoms with van der Waals surface area (Å²) < 4.78 is 4.25. The first kappa shape index (κ1) is 9.65. The first-order valence-corrected chi connectivity index (χ1v) is 5.90. The fourth-order valence-electron chi connectivity index (χ4n) is 1.56. The summed E-state index contributed by atoms with van der Waals surface area (Å²) in [6.45, 7) is 2.08. The molecule has 2 rings (SSSR count). The molecular weight excluding hydrogens is 194 g/mol. The van der Waals surface area contributed by atoms with E-state index in [9.17, 15) is 0 Å². The number of rotatable bonds is 3. The molecule has 1 aromatic heterocycles. The monoisotopic (exact) mass is 209 g/mol. The molecule has 0 aliphatic heterocycles. The summed E-state index contributed by atoms with van der Waals surface area (Å²) >= 11 is 1.47. The summed E-state index contributed by atoms with van der Waals surface area (Å²) in [5.41, 5.74) is 0. The summed E-state index contributed by atoms with van der Waals surface area (Å²) in [5.74, 6) is 0.948. The molecule has 1 aliphatic rings. The van der Waals surface area contributed by atoms with Crippen LogP contribution < -0.4 is 5.32 Å². The van der Waals surface area contributed by atoms with E-state index in [4.69, 9.17) is 0 Å². The second-order valence-electron chi connectivity index (χ2n) is 3.50. The average molecular weight is 209 g/mol. The minimum Gasteiger partial charge on any atom is -0.357 e. The predicted molar refractivity (Wildman–Crippen MR) is 59.7 cm³/mol. The molecule has 1 aromatic rings. The highest BCUT2D eigenvalue weighted by Crippen LogP contribution is 2.18. The molecule has 0 spiro atoms. The molecule has 1 heterocycles. The summed E-state index contributed by atoms with van der Waals surface area (Å²) in [7, 11) is 0. The van der Waals surface area contributed by atoms with E-state index in [2.05, 4.69) is 33.8 Å². The van der Waals surface area contributed by atoms with Crippen molar-refractivity contribution in [2.75, 3.05) is 5.32 Å². The maximum absolute atomic E-state index is 4.40. The van der Waals surface area contributed by atoms with Crippen LogP contribution in [0.2, 0.25) is 0 Å². The topological polar surface area (TPSA) is 37.8 Å². The molecule has 1 unspecified atom stereocenters. The van der Waals surface area contributed by atoms with Crippen molar-refractivity contribution in [3.05, 3.63) is 18.0 Å². The van der Waals surface area contributed by atoms with Crippen LogP contribution in [0.4, 0.5) is 5.13 Å². The summed E-state index contributed by atoms with van der Waals surface area (Å²) in [4.78, 5) is 4.40. The Kier molecular flexibility index (Phi) is 3.14. The first-order valence-electron chi connectivity index (χ1n) is 5.12. The Morgan fingerprint density at radius 1 is 1.57 bits per heavy atom. The molecule has 1 N–H and O–H groups in total. The normalized spacial score (nSPS) is 21.1. The number of anilines is 1. The van der Waals surface area contributed by atoms with Crippen molar-refractivity contribution >= 4 is 16.7 Å². The smallest absolute Gasteiger partial charge is 0.202 e. The second-order valence-corrected chi connectivity index (χ2v) is 4.25. The molecule has 1 aliphatic carbocycles. The molecule has 4 heteroatoms. The lowest BCUT2D eigenvalue weighted by molar-refractivity contribution is 0.644. The Hall–Kier alpha value is -0.900. The van der Waals surface area contributed by atoms with Gasteiger partial charge in [-0.3, -0.25) is 0 Å². The van der Waals surface area contributed by atoms with E-state index in [-0.39, 0.29) is 0 Å². The van der Waals surface area contributed by atoms with E-state index >= 15 is 0 Å². The number of hydrogen-bond donors (Lipinski definition) is 1. The van der Waals surface area contributed by atoms with Gasteiger partial charge in [-0.15, -0.1) is 0 Å². The molecule has 0 fully saturated rings. The van der Waals surface area contributed by atoms with Gasteiger partial charge >= 0.3 is 0 Å². The van der Waals surface area contributed by atoms with Gasteiger partial charge in [-0.1, -0.05) is 19.1 Å². The van der Waals surface area contributed by atoms with Crippen LogP contribution in [-0.4, -0.2) is 15.4 Å². The zero-order chi connectivity index (χ0) is 9.80. The molecule has 0 bridgehead atoms. The molecule has 0 aromatic carbocycles. The number of nitrogens with one attached hydrogen (secondary N) is 1. The largest absolute Gasteiger partial charge is 0.357 e. The van der Waals surface area contributed by atoms with Gasteiger partial charge in [0.05, 0.1) is 0 Å². The van der Waals surface area contributed by atoms with Crippen LogP contribution in [0, 0.1) is 0 Å². The fourth-order valence-corrected chi connectivity index (χ4v) is 2.28. The third-order valence-electron chi connectivity index (χ3n) is 2.38. The van der Waals surface area contributed by atoms with Crippen LogP contribution in [0.5, 0.6) is 0 Å². The third kappa shape index (κ3) is 2.32. The minimum atomic E-state index is 0.553. The zero-order valence-electron chi connectivity index (χ0n) is 8.36. The van der Waals surface area contributed by atoms with Gasteiger partial charge in [0.2, 0.25) is 5.13 Å². The third-order valence-corrected chi connectivity index (χ3v) is 3.07. The van der Waals surface area contributed by atoms with E-state index < -0.39 is 0 Å². The number of aromatic nitrogens is 2. The molecule has 76 valence electrons. The number of hydrogen-bond acceptors (Lipinski definition) is 4. The van der Waals surface area contributed by atoms with Crippen molar-refractivity contribution < 1.29 is 0 Å². The zero-order valence-corrected chi connectivity index (χ0v) is 9.18. The number of allylic oxidation sites excluding steroid dienone is 1. The van der Waals surface area contributed by atoms with Gasteiger partial charge in [0.15, 0.2) is 0 Å². The Labute approximate surface area is 88.4 Å². The van der Waals surface area contributed by atoms with Crippen LogP contribution >= 0.6 is 11.5 Å². The van der Waals surface area contributed by atoms with E-state index in [1.807, 2.05) is 0 Å². The summed E-state index contributed by atoms with van der Waals surface area (Å²) in [5, 5.41) is 4.40. The van der Waals surface area contributed by atoms with Crippen molar-refractivity contribution in [1.82, 2.24) is 9.36 Å². The highest BCUT2D eigenvalue weighted by Gasteiger charge is 2.11. The van der Waals surface area contributed by atoms with Crippen LogP contribution in [0.3, 0.4) is 0 Å². The van der Waals surface area contributed by atoms with Gasteiger partial charge in [-0.05, 0) is 19.3 Å². The highest BCUT2D eigenvalue weighted by molar-refractivity contribution is 7.09. The fraction of sp³-hybridized carbons (Fsp3) is 0.600. The van der Waals surface area contributed by atoms with E-state index in [0.717, 1.165) is 23.8 Å². The van der Waals surface area contributed by atoms with Gasteiger partial charge in [-0.2, -0.15) is 4.37 Å². The first-order chi connectivity index (χ1) is 6.88. The van der Waals surface area contributed by atoms with E-state index in [1.54, 1.807) is 0 Å². The number of nitrogens with zero attached hydrogens (tertiary/aromatic N) is 2. The summed E-state index contributed by atoms with van der Waals surface area (Å²) in [6, 6.07) is 0.553. The maximum atomic E-state index is 4.40. The quantitative estimate of drug-likeness (QED) is 0.778. The van der Waals surface area contributed by atoms with E-state index in [1.165, 1.54) is 24.4 Å². The molecule has 1 atom stereocenters. The predicted octanol–water partition coefficient (Wildman–Crippen LogP) is 2.62. The molecule has 0 saturated carbocycles. The lowest BCUT2D eigenvalue weighted by atomic mass is 10.0. The van der Waals surface area contributed by atoms with Crippen molar-refractivity contribution in [1.29, 1.82) is 0 Å². The van der Waals surface area contributed by atoms with Gasteiger partial charge in [0.25, 0.3) is 0 Å². The highest BCUT2D eigenvalue weighted by atomic mass is 32.1. The SMILES string of the molecule is CCc1nsc(NC2CC=CCC2)n1. The van der Waals surface area contributed by atoms with Crippen molar-refractivity contribution in [2.24, 2.45) is 0 Å². The van der Waals surface area contributed by atoms with Crippen LogP contribution in [0.1, 0.15) is 32.0 Å². The van der Waals surface area contributed by atoms with Crippen molar-refractivity contribution in [3.8, 4) is 0 Å². The molecule has 3 nitrogen and oxygen atoms in total. The molecule has 0 saturated heterocycles.